The summed E-state index contributed by atoms with van der Waals surface area (Å²) < 4.78 is 56.1. The number of nitrogens with one attached hydrogen (secondary N) is 1. The second-order valence-corrected chi connectivity index (χ2v) is 8.84. The number of alkyl carbamates (subject to hydrolysis) is 1. The van der Waals surface area contributed by atoms with Crippen molar-refractivity contribution in [2.24, 2.45) is 0 Å². The molecule has 1 saturated heterocycles. The molecule has 0 radical (unpaired) electrons. The number of carbonyl (C=O) groups is 1. The van der Waals surface area contributed by atoms with Gasteiger partial charge in [-0.05, 0) is 56.4 Å². The molecule has 33 heavy (non-hydrogen) atoms. The van der Waals surface area contributed by atoms with E-state index in [0.29, 0.717) is 11.0 Å². The number of alkyl halides is 3. The molecule has 0 unspecified atom stereocenters. The van der Waals surface area contributed by atoms with Crippen LogP contribution in [0.5, 0.6) is 0 Å². The molecule has 0 saturated carbocycles. The number of rotatable bonds is 6. The van der Waals surface area contributed by atoms with E-state index < -0.39 is 36.2 Å². The van der Waals surface area contributed by atoms with Gasteiger partial charge in [-0.15, -0.1) is 0 Å². The van der Waals surface area contributed by atoms with Gasteiger partial charge in [0.05, 0.1) is 16.8 Å². The van der Waals surface area contributed by atoms with E-state index >= 15 is 0 Å². The highest BCUT2D eigenvalue weighted by Gasteiger charge is 2.52. The van der Waals surface area contributed by atoms with Gasteiger partial charge < -0.3 is 19.4 Å². The molecule has 9 heteroatoms. The lowest BCUT2D eigenvalue weighted by Crippen LogP contribution is -2.41. The van der Waals surface area contributed by atoms with Gasteiger partial charge in [0.2, 0.25) is 0 Å². The standard InChI is InChI=1S/C24H27BF3NO4/c1-22(2)23(3,4)33-25(32-22)20(14-17-10-12-19(13-11-17)24(26,27)28)15-29-21(30)31-16-18-8-6-5-7-9-18/h5-14H,15-16H2,1-4H3,(H,29,30). The van der Waals surface area contributed by atoms with Gasteiger partial charge in [0.15, 0.2) is 0 Å². The predicted octanol–water partition coefficient (Wildman–Crippen LogP) is 5.65. The average molecular weight is 461 g/mol. The van der Waals surface area contributed by atoms with Crippen LogP contribution in [0, 0.1) is 0 Å². The van der Waals surface area contributed by atoms with Gasteiger partial charge in [0.25, 0.3) is 0 Å². The molecule has 0 atom stereocenters. The minimum absolute atomic E-state index is 0.0332. The van der Waals surface area contributed by atoms with Gasteiger partial charge >= 0.3 is 19.4 Å². The van der Waals surface area contributed by atoms with E-state index in [1.165, 1.54) is 12.1 Å². The number of ether oxygens (including phenoxy) is 1. The fourth-order valence-corrected chi connectivity index (χ4v) is 3.13. The van der Waals surface area contributed by atoms with Crippen LogP contribution >= 0.6 is 0 Å². The second kappa shape index (κ2) is 9.61. The fourth-order valence-electron chi connectivity index (χ4n) is 3.13. The maximum Gasteiger partial charge on any atom is 0.492 e. The molecule has 1 amide bonds. The molecule has 2 aromatic rings. The van der Waals surface area contributed by atoms with Crippen LogP contribution in [0.1, 0.15) is 44.4 Å². The maximum atomic E-state index is 12.9. The first kappa shape index (κ1) is 24.9. The molecule has 1 heterocycles. The lowest BCUT2D eigenvalue weighted by Gasteiger charge is -2.32. The Morgan fingerprint density at radius 1 is 1.00 bits per heavy atom. The zero-order chi connectivity index (χ0) is 24.3. The highest BCUT2D eigenvalue weighted by atomic mass is 19.4. The minimum Gasteiger partial charge on any atom is -0.445 e. The highest BCUT2D eigenvalue weighted by Crippen LogP contribution is 2.39. The predicted molar refractivity (Wildman–Crippen MR) is 120 cm³/mol. The maximum absolute atomic E-state index is 12.9. The summed E-state index contributed by atoms with van der Waals surface area (Å²) in [4.78, 5) is 12.2. The summed E-state index contributed by atoms with van der Waals surface area (Å²) in [5, 5.41) is 2.67. The molecule has 1 aliphatic heterocycles. The van der Waals surface area contributed by atoms with Crippen molar-refractivity contribution in [1.82, 2.24) is 5.32 Å². The second-order valence-electron chi connectivity index (χ2n) is 8.84. The summed E-state index contributed by atoms with van der Waals surface area (Å²) in [6.07, 6.45) is -3.39. The largest absolute Gasteiger partial charge is 0.492 e. The summed E-state index contributed by atoms with van der Waals surface area (Å²) in [7, 11) is -0.785. The van der Waals surface area contributed by atoms with Gasteiger partial charge in [-0.25, -0.2) is 4.79 Å². The van der Waals surface area contributed by atoms with E-state index in [1.54, 1.807) is 6.08 Å². The van der Waals surface area contributed by atoms with Gasteiger partial charge in [-0.3, -0.25) is 0 Å². The van der Waals surface area contributed by atoms with Crippen LogP contribution in [0.25, 0.3) is 6.08 Å². The molecule has 176 valence electrons. The van der Waals surface area contributed by atoms with Crippen molar-refractivity contribution in [3.8, 4) is 0 Å². The third kappa shape index (κ3) is 6.39. The monoisotopic (exact) mass is 461 g/mol. The van der Waals surface area contributed by atoms with Gasteiger partial charge in [0, 0.05) is 6.54 Å². The fraction of sp³-hybridized carbons (Fsp3) is 0.375. The highest BCUT2D eigenvalue weighted by molar-refractivity contribution is 6.56. The zero-order valence-electron chi connectivity index (χ0n) is 19.0. The summed E-state index contributed by atoms with van der Waals surface area (Å²) >= 11 is 0. The van der Waals surface area contributed by atoms with Crippen LogP contribution in [0.4, 0.5) is 18.0 Å². The van der Waals surface area contributed by atoms with Crippen LogP contribution in [-0.4, -0.2) is 31.0 Å². The molecule has 1 N–H and O–H groups in total. The lowest BCUT2D eigenvalue weighted by molar-refractivity contribution is -0.137. The van der Waals surface area contributed by atoms with Crippen LogP contribution in [0.2, 0.25) is 0 Å². The normalized spacial score (nSPS) is 17.7. The lowest BCUT2D eigenvalue weighted by atomic mass is 9.77. The van der Waals surface area contributed by atoms with Gasteiger partial charge in [0.1, 0.15) is 6.61 Å². The first-order chi connectivity index (χ1) is 15.4. The summed E-state index contributed by atoms with van der Waals surface area (Å²) in [5.74, 6) is 0. The number of halogens is 3. The van der Waals surface area contributed by atoms with Crippen molar-refractivity contribution in [2.75, 3.05) is 6.54 Å². The Balaban J connectivity index is 1.74. The minimum atomic E-state index is -4.42. The van der Waals surface area contributed by atoms with E-state index in [4.69, 9.17) is 14.0 Å². The molecule has 1 fully saturated rings. The van der Waals surface area contributed by atoms with Crippen molar-refractivity contribution < 1.29 is 32.0 Å². The molecule has 0 aliphatic carbocycles. The first-order valence-corrected chi connectivity index (χ1v) is 10.6. The molecular weight excluding hydrogens is 434 g/mol. The Morgan fingerprint density at radius 3 is 2.12 bits per heavy atom. The number of hydrogen-bond acceptors (Lipinski definition) is 4. The number of hydrogen-bond donors (Lipinski definition) is 1. The molecular formula is C24H27BF3NO4. The Bertz CT molecular complexity index is 973. The van der Waals surface area contributed by atoms with Crippen LogP contribution in [0.3, 0.4) is 0 Å². The molecule has 0 spiro atoms. The van der Waals surface area contributed by atoms with Crippen molar-refractivity contribution in [3.63, 3.8) is 0 Å². The Hall–Kier alpha value is -2.78. The number of benzene rings is 2. The SMILES string of the molecule is CC1(C)OB(C(=Cc2ccc(C(F)(F)F)cc2)CNC(=O)OCc2ccccc2)OC1(C)C. The van der Waals surface area contributed by atoms with E-state index in [2.05, 4.69) is 5.32 Å². The van der Waals surface area contributed by atoms with Gasteiger partial charge in [-0.2, -0.15) is 13.2 Å². The van der Waals surface area contributed by atoms with Crippen molar-refractivity contribution in [3.05, 3.63) is 76.8 Å². The Labute approximate surface area is 192 Å². The topological polar surface area (TPSA) is 56.8 Å². The van der Waals surface area contributed by atoms with E-state index in [0.717, 1.165) is 17.7 Å². The summed E-state index contributed by atoms with van der Waals surface area (Å²) in [6, 6.07) is 14.0. The number of carbonyl (C=O) groups excluding carboxylic acids is 1. The number of amides is 1. The Morgan fingerprint density at radius 2 is 1.58 bits per heavy atom. The average Bonchev–Trinajstić information content (AvgIpc) is 2.97. The zero-order valence-corrected chi connectivity index (χ0v) is 19.0. The molecule has 0 aromatic heterocycles. The van der Waals surface area contributed by atoms with E-state index in [9.17, 15) is 18.0 Å². The molecule has 2 aromatic carbocycles. The molecule has 1 aliphatic rings. The summed E-state index contributed by atoms with van der Waals surface area (Å²) in [6.45, 7) is 7.72. The third-order valence-corrected chi connectivity index (χ3v) is 5.80. The Kier molecular flexibility index (Phi) is 7.24. The molecule has 0 bridgehead atoms. The quantitative estimate of drug-likeness (QED) is 0.566. The van der Waals surface area contributed by atoms with Crippen molar-refractivity contribution in [1.29, 1.82) is 0 Å². The van der Waals surface area contributed by atoms with Crippen molar-refractivity contribution >= 4 is 19.3 Å². The third-order valence-electron chi connectivity index (χ3n) is 5.80. The van der Waals surface area contributed by atoms with E-state index in [-0.39, 0.29) is 13.2 Å². The summed E-state index contributed by atoms with van der Waals surface area (Å²) in [5.41, 5.74) is -0.0640. The van der Waals surface area contributed by atoms with Crippen LogP contribution in [0.15, 0.2) is 60.1 Å². The van der Waals surface area contributed by atoms with Crippen LogP contribution in [-0.2, 0) is 26.8 Å². The van der Waals surface area contributed by atoms with E-state index in [1.807, 2.05) is 58.0 Å². The van der Waals surface area contributed by atoms with Crippen LogP contribution < -0.4 is 5.32 Å². The first-order valence-electron chi connectivity index (χ1n) is 10.6. The molecule has 5 nitrogen and oxygen atoms in total. The van der Waals surface area contributed by atoms with Gasteiger partial charge in [-0.1, -0.05) is 48.5 Å². The van der Waals surface area contributed by atoms with Crippen molar-refractivity contribution in [2.45, 2.75) is 51.7 Å². The molecule has 3 rings (SSSR count). The smallest absolute Gasteiger partial charge is 0.445 e.